The van der Waals surface area contributed by atoms with Crippen LogP contribution >= 0.6 is 11.3 Å². The fourth-order valence-electron chi connectivity index (χ4n) is 2.57. The molecule has 0 N–H and O–H groups in total. The third-order valence-corrected chi connectivity index (χ3v) is 5.08. The van der Waals surface area contributed by atoms with Crippen molar-refractivity contribution in [2.45, 2.75) is 60.6 Å². The van der Waals surface area contributed by atoms with Crippen molar-refractivity contribution in [3.63, 3.8) is 0 Å². The van der Waals surface area contributed by atoms with Gasteiger partial charge in [-0.25, -0.2) is 9.78 Å². The van der Waals surface area contributed by atoms with Crippen LogP contribution in [0.2, 0.25) is 0 Å². The maximum atomic E-state index is 13.0. The first-order chi connectivity index (χ1) is 12.4. The minimum Gasteiger partial charge on any atom is -0.462 e. The lowest BCUT2D eigenvalue weighted by atomic mass is 9.93. The molecule has 0 fully saturated rings. The molecule has 0 atom stereocenters. The molecule has 0 aliphatic carbocycles. The number of carbonyl (C=O) groups excluding carboxylic acids is 2. The summed E-state index contributed by atoms with van der Waals surface area (Å²) in [6.07, 6.45) is 1.40. The van der Waals surface area contributed by atoms with E-state index < -0.39 is 23.0 Å². The summed E-state index contributed by atoms with van der Waals surface area (Å²) in [7, 11) is 0. The van der Waals surface area contributed by atoms with Gasteiger partial charge >= 0.3 is 11.9 Å². The summed E-state index contributed by atoms with van der Waals surface area (Å²) in [5.74, 6) is -0.853. The molecule has 0 saturated heterocycles. The van der Waals surface area contributed by atoms with Crippen molar-refractivity contribution in [2.24, 2.45) is 5.41 Å². The van der Waals surface area contributed by atoms with Crippen LogP contribution in [0.1, 0.15) is 56.8 Å². The molecule has 0 saturated carbocycles. The third kappa shape index (κ3) is 4.55. The summed E-state index contributed by atoms with van der Waals surface area (Å²) in [6, 6.07) is 0. The Hall–Kier alpha value is -2.22. The number of thiophene rings is 1. The number of fused-ring (bicyclic) bond motifs is 1. The Bertz CT molecular complexity index is 934. The molecule has 7 nitrogen and oxygen atoms in total. The Kier molecular flexibility index (Phi) is 5.79. The van der Waals surface area contributed by atoms with Crippen LogP contribution in [0.25, 0.3) is 10.2 Å². The highest BCUT2D eigenvalue weighted by molar-refractivity contribution is 7.20. The number of rotatable bonds is 5. The first kappa shape index (κ1) is 21.1. The number of nitrogens with zero attached hydrogens (tertiary/aromatic N) is 2. The van der Waals surface area contributed by atoms with E-state index in [4.69, 9.17) is 9.47 Å². The van der Waals surface area contributed by atoms with Crippen LogP contribution in [0.4, 0.5) is 0 Å². The average molecular weight is 394 g/mol. The molecule has 148 valence electrons. The molecule has 2 heterocycles. The van der Waals surface area contributed by atoms with Crippen molar-refractivity contribution in [1.82, 2.24) is 9.55 Å². The highest BCUT2D eigenvalue weighted by Gasteiger charge is 2.34. The minimum absolute atomic E-state index is 0.119. The van der Waals surface area contributed by atoms with Crippen molar-refractivity contribution in [3.05, 3.63) is 27.1 Å². The van der Waals surface area contributed by atoms with Crippen molar-refractivity contribution in [3.8, 4) is 0 Å². The van der Waals surface area contributed by atoms with Crippen LogP contribution in [0.5, 0.6) is 0 Å². The summed E-state index contributed by atoms with van der Waals surface area (Å²) < 4.78 is 11.9. The Labute approximate surface area is 162 Å². The van der Waals surface area contributed by atoms with E-state index in [9.17, 15) is 14.4 Å². The number of hydrogen-bond acceptors (Lipinski definition) is 7. The number of carbonyl (C=O) groups is 2. The van der Waals surface area contributed by atoms with Gasteiger partial charge in [-0.1, -0.05) is 0 Å². The average Bonchev–Trinajstić information content (AvgIpc) is 2.86. The Balaban J connectivity index is 2.42. The molecule has 0 aromatic carbocycles. The Morgan fingerprint density at radius 3 is 2.41 bits per heavy atom. The van der Waals surface area contributed by atoms with Crippen molar-refractivity contribution in [2.75, 3.05) is 6.61 Å². The van der Waals surface area contributed by atoms with Gasteiger partial charge in [0.05, 0.1) is 23.7 Å². The fraction of sp³-hybridized carbons (Fsp3) is 0.579. The first-order valence-corrected chi connectivity index (χ1v) is 9.58. The molecule has 0 bridgehead atoms. The van der Waals surface area contributed by atoms with E-state index >= 15 is 0 Å². The van der Waals surface area contributed by atoms with Gasteiger partial charge in [0.2, 0.25) is 0 Å². The monoisotopic (exact) mass is 394 g/mol. The van der Waals surface area contributed by atoms with Gasteiger partial charge in [-0.05, 0) is 54.0 Å². The highest BCUT2D eigenvalue weighted by Crippen LogP contribution is 2.28. The number of esters is 2. The van der Waals surface area contributed by atoms with E-state index in [0.717, 1.165) is 11.3 Å². The zero-order valence-electron chi connectivity index (χ0n) is 16.8. The molecular weight excluding hydrogens is 368 g/mol. The van der Waals surface area contributed by atoms with Gasteiger partial charge in [0.15, 0.2) is 0 Å². The molecule has 27 heavy (non-hydrogen) atoms. The van der Waals surface area contributed by atoms with Crippen LogP contribution in [-0.2, 0) is 20.8 Å². The lowest BCUT2D eigenvalue weighted by Gasteiger charge is -2.28. The zero-order valence-corrected chi connectivity index (χ0v) is 17.7. The van der Waals surface area contributed by atoms with E-state index in [-0.39, 0.29) is 18.7 Å². The largest absolute Gasteiger partial charge is 0.462 e. The lowest BCUT2D eigenvalue weighted by Crippen LogP contribution is -2.39. The van der Waals surface area contributed by atoms with Gasteiger partial charge < -0.3 is 9.47 Å². The summed E-state index contributed by atoms with van der Waals surface area (Å²) in [6.45, 7) is 12.7. The van der Waals surface area contributed by atoms with Gasteiger partial charge in [0.1, 0.15) is 15.3 Å². The van der Waals surface area contributed by atoms with Gasteiger partial charge in [-0.3, -0.25) is 14.2 Å². The quantitative estimate of drug-likeness (QED) is 0.723. The predicted octanol–water partition coefficient (Wildman–Crippen LogP) is 3.31. The molecule has 8 heteroatoms. The van der Waals surface area contributed by atoms with Crippen LogP contribution in [-0.4, -0.2) is 33.7 Å². The second kappa shape index (κ2) is 7.42. The third-order valence-electron chi connectivity index (χ3n) is 3.90. The van der Waals surface area contributed by atoms with E-state index in [1.165, 1.54) is 10.9 Å². The number of hydrogen-bond donors (Lipinski definition) is 0. The van der Waals surface area contributed by atoms with E-state index in [1.807, 2.05) is 0 Å². The number of ether oxygens (including phenoxy) is 2. The van der Waals surface area contributed by atoms with Crippen molar-refractivity contribution in [1.29, 1.82) is 0 Å². The zero-order chi connectivity index (χ0) is 20.6. The van der Waals surface area contributed by atoms with Gasteiger partial charge in [-0.15, -0.1) is 11.3 Å². The second-order valence-corrected chi connectivity index (χ2v) is 9.02. The molecule has 0 aliphatic rings. The van der Waals surface area contributed by atoms with E-state index in [1.54, 1.807) is 48.5 Å². The molecule has 0 radical (unpaired) electrons. The standard InChI is InChI=1S/C19H26N2O5S/c1-8-25-16(23)13-11(2)12-14(27-13)20-10-21(15(12)22)9-19(6,7)17(24)26-18(3,4)5/h10H,8-9H2,1-7H3. The molecule has 0 amide bonds. The molecule has 0 aliphatic heterocycles. The van der Waals surface area contributed by atoms with Crippen molar-refractivity contribution >= 4 is 33.5 Å². The van der Waals surface area contributed by atoms with Gasteiger partial charge in [0.25, 0.3) is 5.56 Å². The van der Waals surface area contributed by atoms with E-state index in [0.29, 0.717) is 20.7 Å². The number of aromatic nitrogens is 2. The molecule has 2 rings (SSSR count). The normalized spacial score (nSPS) is 12.3. The minimum atomic E-state index is -0.916. The fourth-order valence-corrected chi connectivity index (χ4v) is 3.60. The summed E-state index contributed by atoms with van der Waals surface area (Å²) in [4.78, 5) is 42.7. The van der Waals surface area contributed by atoms with Crippen LogP contribution in [0.3, 0.4) is 0 Å². The summed E-state index contributed by atoms with van der Waals surface area (Å²) in [5.41, 5.74) is -1.27. The summed E-state index contributed by atoms with van der Waals surface area (Å²) >= 11 is 1.14. The smallest absolute Gasteiger partial charge is 0.348 e. The molecular formula is C19H26N2O5S. The second-order valence-electron chi connectivity index (χ2n) is 8.02. The summed E-state index contributed by atoms with van der Waals surface area (Å²) in [5, 5.41) is 0.380. The molecule has 2 aromatic rings. The van der Waals surface area contributed by atoms with Crippen LogP contribution in [0, 0.1) is 12.3 Å². The number of aryl methyl sites for hydroxylation is 1. The lowest BCUT2D eigenvalue weighted by molar-refractivity contribution is -0.166. The molecule has 2 aromatic heterocycles. The SMILES string of the molecule is CCOC(=O)c1sc2ncn(CC(C)(C)C(=O)OC(C)(C)C)c(=O)c2c1C. The maximum absolute atomic E-state index is 13.0. The van der Waals surface area contributed by atoms with Crippen LogP contribution in [0.15, 0.2) is 11.1 Å². The van der Waals surface area contributed by atoms with E-state index in [2.05, 4.69) is 4.98 Å². The Morgan fingerprint density at radius 1 is 1.22 bits per heavy atom. The topological polar surface area (TPSA) is 87.5 Å². The predicted molar refractivity (Wildman–Crippen MR) is 104 cm³/mol. The molecule has 0 unspecified atom stereocenters. The first-order valence-electron chi connectivity index (χ1n) is 8.76. The molecule has 0 spiro atoms. The van der Waals surface area contributed by atoms with Crippen LogP contribution < -0.4 is 5.56 Å². The van der Waals surface area contributed by atoms with Gasteiger partial charge in [-0.2, -0.15) is 0 Å². The maximum Gasteiger partial charge on any atom is 0.348 e. The van der Waals surface area contributed by atoms with Gasteiger partial charge in [0, 0.05) is 6.54 Å². The Morgan fingerprint density at radius 2 is 1.85 bits per heavy atom. The van der Waals surface area contributed by atoms with Crippen molar-refractivity contribution < 1.29 is 19.1 Å². The highest BCUT2D eigenvalue weighted by atomic mass is 32.1.